The molecule has 0 N–H and O–H groups in total. The van der Waals surface area contributed by atoms with Crippen molar-refractivity contribution in [1.29, 1.82) is 0 Å². The molecule has 1 unspecified atom stereocenters. The molecule has 0 fully saturated rings. The Bertz CT molecular complexity index is 458. The number of carbonyl (C=O) groups is 2. The van der Waals surface area contributed by atoms with E-state index in [-0.39, 0.29) is 0 Å². The number of carbonyl (C=O) groups excluding carboxylic acids is 2. The van der Waals surface area contributed by atoms with Crippen LogP contribution in [0.2, 0.25) is 0 Å². The topological polar surface area (TPSA) is 61.8 Å². The molecule has 0 bridgehead atoms. The SMILES string of the molecule is COC(=O)C(C)Oc1cc(Br)c(C=O)cc1OC. The second kappa shape index (κ2) is 6.39. The highest BCUT2D eigenvalue weighted by atomic mass is 79.9. The van der Waals surface area contributed by atoms with E-state index in [9.17, 15) is 9.59 Å². The molecule has 1 rings (SSSR count). The van der Waals surface area contributed by atoms with Gasteiger partial charge in [0.2, 0.25) is 0 Å². The van der Waals surface area contributed by atoms with Crippen LogP contribution in [0.5, 0.6) is 11.5 Å². The lowest BCUT2D eigenvalue weighted by Gasteiger charge is -2.16. The van der Waals surface area contributed by atoms with Crippen molar-refractivity contribution in [2.24, 2.45) is 0 Å². The van der Waals surface area contributed by atoms with Crippen molar-refractivity contribution in [2.75, 3.05) is 14.2 Å². The first kappa shape index (κ1) is 14.5. The quantitative estimate of drug-likeness (QED) is 0.615. The average Bonchev–Trinajstić information content (AvgIpc) is 2.38. The molecule has 0 radical (unpaired) electrons. The van der Waals surface area contributed by atoms with Gasteiger partial charge in [-0.15, -0.1) is 0 Å². The third-order valence-corrected chi connectivity index (χ3v) is 2.93. The molecule has 1 aromatic carbocycles. The molecule has 0 aromatic heterocycles. The molecule has 0 saturated carbocycles. The van der Waals surface area contributed by atoms with E-state index in [4.69, 9.17) is 9.47 Å². The van der Waals surface area contributed by atoms with E-state index >= 15 is 0 Å². The Kier molecular flexibility index (Phi) is 5.15. The minimum atomic E-state index is -0.766. The van der Waals surface area contributed by atoms with Crippen LogP contribution in [0.4, 0.5) is 0 Å². The van der Waals surface area contributed by atoms with Crippen LogP contribution >= 0.6 is 15.9 Å². The van der Waals surface area contributed by atoms with Crippen LogP contribution in [0, 0.1) is 0 Å². The van der Waals surface area contributed by atoms with Gasteiger partial charge in [-0.3, -0.25) is 4.79 Å². The Morgan fingerprint density at radius 2 is 2.00 bits per heavy atom. The monoisotopic (exact) mass is 316 g/mol. The van der Waals surface area contributed by atoms with E-state index in [2.05, 4.69) is 20.7 Å². The van der Waals surface area contributed by atoms with Crippen LogP contribution < -0.4 is 9.47 Å². The summed E-state index contributed by atoms with van der Waals surface area (Å²) in [6.45, 7) is 1.56. The van der Waals surface area contributed by atoms with Crippen LogP contribution in [0.3, 0.4) is 0 Å². The summed E-state index contributed by atoms with van der Waals surface area (Å²) in [5, 5.41) is 0. The molecule has 0 aliphatic carbocycles. The Balaban J connectivity index is 3.05. The molecule has 0 aliphatic heterocycles. The van der Waals surface area contributed by atoms with E-state index in [1.807, 2.05) is 0 Å². The number of methoxy groups -OCH3 is 2. The predicted molar refractivity (Wildman–Crippen MR) is 68.2 cm³/mol. The summed E-state index contributed by atoms with van der Waals surface area (Å²) >= 11 is 3.23. The van der Waals surface area contributed by atoms with Crippen LogP contribution in [0.1, 0.15) is 17.3 Å². The average molecular weight is 317 g/mol. The summed E-state index contributed by atoms with van der Waals surface area (Å²) in [5.41, 5.74) is 0.435. The van der Waals surface area contributed by atoms with Gasteiger partial charge in [-0.1, -0.05) is 0 Å². The zero-order chi connectivity index (χ0) is 13.7. The molecule has 0 amide bonds. The molecule has 0 heterocycles. The minimum absolute atomic E-state index is 0.355. The van der Waals surface area contributed by atoms with Gasteiger partial charge in [-0.25, -0.2) is 4.79 Å². The smallest absolute Gasteiger partial charge is 0.346 e. The first-order valence-corrected chi connectivity index (χ1v) is 5.90. The molecule has 5 nitrogen and oxygen atoms in total. The summed E-state index contributed by atoms with van der Waals surface area (Å²) in [6.07, 6.45) is -0.0713. The fourth-order valence-corrected chi connectivity index (χ4v) is 1.71. The largest absolute Gasteiger partial charge is 0.493 e. The summed E-state index contributed by atoms with van der Waals surface area (Å²) in [6, 6.07) is 3.10. The van der Waals surface area contributed by atoms with E-state index in [1.54, 1.807) is 13.0 Å². The molecule has 0 saturated heterocycles. The predicted octanol–water partition coefficient (Wildman–Crippen LogP) is 2.21. The van der Waals surface area contributed by atoms with Gasteiger partial charge in [-0.2, -0.15) is 0 Å². The molecule has 1 atom stereocenters. The fourth-order valence-electron chi connectivity index (χ4n) is 1.30. The van der Waals surface area contributed by atoms with Crippen molar-refractivity contribution in [1.82, 2.24) is 0 Å². The van der Waals surface area contributed by atoms with Crippen LogP contribution in [-0.4, -0.2) is 32.6 Å². The van der Waals surface area contributed by atoms with Gasteiger partial charge in [0.1, 0.15) is 0 Å². The number of hydrogen-bond donors (Lipinski definition) is 0. The van der Waals surface area contributed by atoms with E-state index in [0.29, 0.717) is 27.8 Å². The highest BCUT2D eigenvalue weighted by Gasteiger charge is 2.18. The normalized spacial score (nSPS) is 11.6. The summed E-state index contributed by atoms with van der Waals surface area (Å²) in [5.74, 6) is 0.233. The van der Waals surface area contributed by atoms with Crippen molar-refractivity contribution < 1.29 is 23.8 Å². The molecular formula is C12H13BrO5. The molecule has 0 spiro atoms. The Labute approximate surface area is 113 Å². The highest BCUT2D eigenvalue weighted by molar-refractivity contribution is 9.10. The van der Waals surface area contributed by atoms with Crippen LogP contribution in [0.15, 0.2) is 16.6 Å². The zero-order valence-electron chi connectivity index (χ0n) is 10.2. The minimum Gasteiger partial charge on any atom is -0.493 e. The number of benzene rings is 1. The van der Waals surface area contributed by atoms with E-state index in [0.717, 1.165) is 0 Å². The van der Waals surface area contributed by atoms with Gasteiger partial charge in [0.15, 0.2) is 23.9 Å². The van der Waals surface area contributed by atoms with E-state index in [1.165, 1.54) is 20.3 Å². The van der Waals surface area contributed by atoms with Crippen molar-refractivity contribution in [2.45, 2.75) is 13.0 Å². The van der Waals surface area contributed by atoms with Gasteiger partial charge >= 0.3 is 5.97 Å². The molecule has 1 aromatic rings. The van der Waals surface area contributed by atoms with Gasteiger partial charge in [-0.05, 0) is 35.0 Å². The van der Waals surface area contributed by atoms with Crippen LogP contribution in [-0.2, 0) is 9.53 Å². The lowest BCUT2D eigenvalue weighted by Crippen LogP contribution is -2.25. The number of ether oxygens (including phenoxy) is 3. The number of halogens is 1. The molecule has 6 heteroatoms. The first-order chi connectivity index (χ1) is 8.53. The second-order valence-electron chi connectivity index (χ2n) is 3.43. The number of aldehydes is 1. The standard InChI is InChI=1S/C12H13BrO5/c1-7(12(15)17-3)18-11-5-9(13)8(6-14)4-10(11)16-2/h4-7H,1-3H3. The van der Waals surface area contributed by atoms with Crippen LogP contribution in [0.25, 0.3) is 0 Å². The highest BCUT2D eigenvalue weighted by Crippen LogP contribution is 2.33. The number of esters is 1. The van der Waals surface area contributed by atoms with Crippen molar-refractivity contribution in [3.05, 3.63) is 22.2 Å². The Hall–Kier alpha value is -1.56. The second-order valence-corrected chi connectivity index (χ2v) is 4.28. The van der Waals surface area contributed by atoms with Gasteiger partial charge in [0.25, 0.3) is 0 Å². The number of hydrogen-bond acceptors (Lipinski definition) is 5. The lowest BCUT2D eigenvalue weighted by atomic mass is 10.2. The van der Waals surface area contributed by atoms with Crippen molar-refractivity contribution in [3.8, 4) is 11.5 Å². The maximum absolute atomic E-state index is 11.3. The van der Waals surface area contributed by atoms with Crippen molar-refractivity contribution in [3.63, 3.8) is 0 Å². The Morgan fingerprint density at radius 3 is 2.50 bits per heavy atom. The van der Waals surface area contributed by atoms with Gasteiger partial charge in [0.05, 0.1) is 14.2 Å². The van der Waals surface area contributed by atoms with Crippen molar-refractivity contribution >= 4 is 28.2 Å². The molecular weight excluding hydrogens is 304 g/mol. The third-order valence-electron chi connectivity index (χ3n) is 2.25. The maximum atomic E-state index is 11.3. The van der Waals surface area contributed by atoms with Gasteiger partial charge in [0, 0.05) is 10.0 Å². The molecule has 98 valence electrons. The molecule has 0 aliphatic rings. The Morgan fingerprint density at radius 1 is 1.33 bits per heavy atom. The fraction of sp³-hybridized carbons (Fsp3) is 0.333. The summed E-state index contributed by atoms with van der Waals surface area (Å²) in [7, 11) is 2.73. The summed E-state index contributed by atoms with van der Waals surface area (Å²) in [4.78, 5) is 22.1. The zero-order valence-corrected chi connectivity index (χ0v) is 11.8. The number of rotatable bonds is 5. The van der Waals surface area contributed by atoms with E-state index < -0.39 is 12.1 Å². The van der Waals surface area contributed by atoms with Gasteiger partial charge < -0.3 is 14.2 Å². The summed E-state index contributed by atoms with van der Waals surface area (Å²) < 4.78 is 15.6. The third kappa shape index (κ3) is 3.22. The molecule has 18 heavy (non-hydrogen) atoms. The maximum Gasteiger partial charge on any atom is 0.346 e. The first-order valence-electron chi connectivity index (χ1n) is 5.10. The lowest BCUT2D eigenvalue weighted by molar-refractivity contribution is -0.147.